The molecule has 17 heavy (non-hydrogen) atoms. The number of halogens is 2. The predicted octanol–water partition coefficient (Wildman–Crippen LogP) is 2.31. The number of nitrogens with one attached hydrogen (secondary N) is 1. The third-order valence-electron chi connectivity index (χ3n) is 3.60. The number of carbonyl (C=O) groups is 1. The molecule has 0 saturated carbocycles. The number of fused-ring (bicyclic) bond motifs is 3. The summed E-state index contributed by atoms with van der Waals surface area (Å²) in [7, 11) is 0. The molecule has 1 aromatic rings. The molecular weight excluding hydrogens is 259 g/mol. The van der Waals surface area contributed by atoms with Gasteiger partial charge in [-0.1, -0.05) is 17.7 Å². The summed E-state index contributed by atoms with van der Waals surface area (Å²) < 4.78 is 1.73. The summed E-state index contributed by atoms with van der Waals surface area (Å²) >= 11 is 12.2. The van der Waals surface area contributed by atoms with Crippen LogP contribution in [-0.2, 0) is 0 Å². The molecule has 0 bridgehead atoms. The molecule has 0 spiro atoms. The highest BCUT2D eigenvalue weighted by molar-refractivity contribution is 6.34. The van der Waals surface area contributed by atoms with E-state index in [-0.39, 0.29) is 17.9 Å². The molecule has 2 atom stereocenters. The molecule has 1 N–H and O–H groups in total. The highest BCUT2D eigenvalue weighted by Gasteiger charge is 2.41. The Labute approximate surface area is 110 Å². The largest absolute Gasteiger partial charge is 0.347 e. The third-order valence-corrected chi connectivity index (χ3v) is 4.19. The maximum absolute atomic E-state index is 12.1. The molecule has 0 aliphatic carbocycles. The van der Waals surface area contributed by atoms with Crippen LogP contribution in [0.5, 0.6) is 0 Å². The number of rotatable bonds is 0. The number of hydrogen-bond acceptors (Lipinski definition) is 2. The molecule has 3 nitrogen and oxygen atoms in total. The Morgan fingerprint density at radius 2 is 2.18 bits per heavy atom. The first kappa shape index (κ1) is 11.3. The van der Waals surface area contributed by atoms with Crippen LogP contribution < -0.4 is 5.32 Å². The van der Waals surface area contributed by atoms with E-state index in [0.29, 0.717) is 17.1 Å². The second-order valence-electron chi connectivity index (χ2n) is 4.67. The van der Waals surface area contributed by atoms with Crippen LogP contribution in [0.2, 0.25) is 5.02 Å². The topological polar surface area (TPSA) is 32.3 Å². The number of amides is 1. The molecule has 0 radical (unpaired) electrons. The van der Waals surface area contributed by atoms with Gasteiger partial charge in [0.2, 0.25) is 0 Å². The molecule has 90 valence electrons. The summed E-state index contributed by atoms with van der Waals surface area (Å²) in [6, 6.07) is 3.85. The molecule has 1 aromatic carbocycles. The van der Waals surface area contributed by atoms with E-state index in [1.807, 2.05) is 13.0 Å². The summed E-state index contributed by atoms with van der Waals surface area (Å²) in [5, 5.41) is 3.51. The molecule has 1 fully saturated rings. The van der Waals surface area contributed by atoms with Crippen molar-refractivity contribution in [3.63, 3.8) is 0 Å². The molecule has 2 heterocycles. The van der Waals surface area contributed by atoms with Gasteiger partial charge in [0.25, 0.3) is 5.91 Å². The van der Waals surface area contributed by atoms with E-state index >= 15 is 0 Å². The average molecular weight is 271 g/mol. The van der Waals surface area contributed by atoms with Gasteiger partial charge in [0.15, 0.2) is 0 Å². The Kier molecular flexibility index (Phi) is 2.58. The van der Waals surface area contributed by atoms with E-state index in [9.17, 15) is 4.79 Å². The Morgan fingerprint density at radius 3 is 2.94 bits per heavy atom. The minimum atomic E-state index is -0.0816. The Bertz CT molecular complexity index is 504. The van der Waals surface area contributed by atoms with Crippen LogP contribution in [0, 0.1) is 6.92 Å². The molecule has 0 aromatic heterocycles. The Morgan fingerprint density at radius 1 is 1.41 bits per heavy atom. The summed E-state index contributed by atoms with van der Waals surface area (Å²) in [5.74, 6) is 0.167. The zero-order valence-corrected chi connectivity index (χ0v) is 10.8. The fraction of sp³-hybridized carbons (Fsp3) is 0.417. The maximum atomic E-state index is 12.1. The lowest BCUT2D eigenvalue weighted by Crippen LogP contribution is -2.44. The first-order valence-corrected chi connectivity index (χ1v) is 6.30. The average Bonchev–Trinajstić information content (AvgIpc) is 2.62. The first-order valence-electron chi connectivity index (χ1n) is 5.58. The maximum Gasteiger partial charge on any atom is 0.253 e. The van der Waals surface area contributed by atoms with E-state index in [2.05, 4.69) is 5.32 Å². The van der Waals surface area contributed by atoms with Gasteiger partial charge in [0, 0.05) is 19.0 Å². The van der Waals surface area contributed by atoms with Crippen molar-refractivity contribution in [2.24, 2.45) is 0 Å². The third kappa shape index (κ3) is 1.65. The smallest absolute Gasteiger partial charge is 0.253 e. The minimum absolute atomic E-state index is 0.0816. The van der Waals surface area contributed by atoms with E-state index in [0.717, 1.165) is 17.7 Å². The van der Waals surface area contributed by atoms with Crippen LogP contribution in [0.3, 0.4) is 0 Å². The Balaban J connectivity index is 2.19. The number of nitrogens with zero attached hydrogens (tertiary/aromatic N) is 1. The number of hydrogen-bond donors (Lipinski definition) is 1. The zero-order valence-electron chi connectivity index (χ0n) is 9.34. The molecule has 3 rings (SSSR count). The molecule has 2 aliphatic rings. The monoisotopic (exact) mass is 270 g/mol. The Hall–Kier alpha value is -0.770. The van der Waals surface area contributed by atoms with Crippen molar-refractivity contribution in [1.29, 1.82) is 0 Å². The summed E-state index contributed by atoms with van der Waals surface area (Å²) in [4.78, 5) is 12.1. The highest BCUT2D eigenvalue weighted by atomic mass is 35.5. The quantitative estimate of drug-likeness (QED) is 0.734. The van der Waals surface area contributed by atoms with Gasteiger partial charge in [-0.15, -0.1) is 0 Å². The van der Waals surface area contributed by atoms with Crippen molar-refractivity contribution in [2.75, 3.05) is 13.1 Å². The van der Waals surface area contributed by atoms with Gasteiger partial charge in [-0.3, -0.25) is 4.79 Å². The number of carbonyl (C=O) groups excluding carboxylic acids is 1. The van der Waals surface area contributed by atoms with Gasteiger partial charge in [-0.25, -0.2) is 4.42 Å². The predicted molar refractivity (Wildman–Crippen MR) is 67.6 cm³/mol. The van der Waals surface area contributed by atoms with Gasteiger partial charge in [-0.2, -0.15) is 0 Å². The van der Waals surface area contributed by atoms with Crippen molar-refractivity contribution < 1.29 is 4.79 Å². The SMILES string of the molecule is Cc1ccc(Cl)c2c1[C@@H]1CN(Cl)C[C@H]1NC2=O. The molecular formula is C12H12Cl2N2O. The van der Waals surface area contributed by atoms with Crippen molar-refractivity contribution in [1.82, 2.24) is 9.74 Å². The number of benzene rings is 1. The van der Waals surface area contributed by atoms with Crippen LogP contribution >= 0.6 is 23.4 Å². The van der Waals surface area contributed by atoms with Crippen LogP contribution in [0.25, 0.3) is 0 Å². The van der Waals surface area contributed by atoms with E-state index in [1.165, 1.54) is 0 Å². The lowest BCUT2D eigenvalue weighted by atomic mass is 9.83. The standard InChI is InChI=1S/C12H12Cl2N2O/c1-6-2-3-8(13)11-10(6)7-4-16(14)5-9(7)15-12(11)17/h2-3,7,9H,4-5H2,1H3,(H,15,17)/t7-,9-/m1/s1. The van der Waals surface area contributed by atoms with Gasteiger partial charge >= 0.3 is 0 Å². The van der Waals surface area contributed by atoms with Crippen molar-refractivity contribution in [3.05, 3.63) is 33.8 Å². The fourth-order valence-electron chi connectivity index (χ4n) is 2.84. The van der Waals surface area contributed by atoms with Crippen molar-refractivity contribution >= 4 is 29.3 Å². The van der Waals surface area contributed by atoms with Crippen LogP contribution in [0.4, 0.5) is 0 Å². The van der Waals surface area contributed by atoms with E-state index in [4.69, 9.17) is 23.4 Å². The fourth-order valence-corrected chi connectivity index (χ4v) is 3.39. The zero-order chi connectivity index (χ0) is 12.2. The van der Waals surface area contributed by atoms with Gasteiger partial charge < -0.3 is 5.32 Å². The second kappa shape index (κ2) is 3.87. The van der Waals surface area contributed by atoms with Gasteiger partial charge in [0.05, 0.1) is 16.6 Å². The van der Waals surface area contributed by atoms with E-state index in [1.54, 1.807) is 10.5 Å². The highest BCUT2D eigenvalue weighted by Crippen LogP contribution is 2.38. The lowest BCUT2D eigenvalue weighted by Gasteiger charge is -2.30. The second-order valence-corrected chi connectivity index (χ2v) is 5.55. The molecule has 1 saturated heterocycles. The van der Waals surface area contributed by atoms with Crippen LogP contribution in [-0.4, -0.2) is 29.5 Å². The molecule has 5 heteroatoms. The summed E-state index contributed by atoms with van der Waals surface area (Å²) in [6.07, 6.45) is 0. The summed E-state index contributed by atoms with van der Waals surface area (Å²) in [5.41, 5.74) is 2.80. The van der Waals surface area contributed by atoms with Crippen LogP contribution in [0.15, 0.2) is 12.1 Å². The van der Waals surface area contributed by atoms with Crippen molar-refractivity contribution in [3.8, 4) is 0 Å². The van der Waals surface area contributed by atoms with Gasteiger partial charge in [0.1, 0.15) is 0 Å². The summed E-state index contributed by atoms with van der Waals surface area (Å²) in [6.45, 7) is 3.45. The van der Waals surface area contributed by atoms with Gasteiger partial charge in [-0.05, 0) is 35.9 Å². The molecule has 2 aliphatic heterocycles. The normalized spacial score (nSPS) is 27.6. The molecule has 1 amide bonds. The molecule has 0 unspecified atom stereocenters. The lowest BCUT2D eigenvalue weighted by molar-refractivity contribution is 0.0923. The van der Waals surface area contributed by atoms with E-state index < -0.39 is 0 Å². The number of aryl methyl sites for hydroxylation is 1. The van der Waals surface area contributed by atoms with Crippen LogP contribution in [0.1, 0.15) is 27.4 Å². The minimum Gasteiger partial charge on any atom is -0.347 e. The van der Waals surface area contributed by atoms with Crippen molar-refractivity contribution in [2.45, 2.75) is 18.9 Å². The first-order chi connectivity index (χ1) is 8.08.